The number of ether oxygens (including phenoxy) is 2. The topological polar surface area (TPSA) is 59.6 Å². The minimum Gasteiger partial charge on any atom is -0.497 e. The van der Waals surface area contributed by atoms with Crippen molar-refractivity contribution in [3.8, 4) is 11.5 Å². The lowest BCUT2D eigenvalue weighted by atomic mass is 10.1. The first-order valence-electron chi connectivity index (χ1n) is 6.81. The van der Waals surface area contributed by atoms with Crippen LogP contribution in [0, 0.1) is 0 Å². The van der Waals surface area contributed by atoms with Gasteiger partial charge in [-0.3, -0.25) is 4.79 Å². The smallest absolute Gasteiger partial charge is 0.221 e. The summed E-state index contributed by atoms with van der Waals surface area (Å²) in [6.45, 7) is 5.33. The lowest BCUT2D eigenvalue weighted by Crippen LogP contribution is -2.33. The largest absolute Gasteiger partial charge is 0.497 e. The van der Waals surface area contributed by atoms with E-state index in [1.54, 1.807) is 14.2 Å². The van der Waals surface area contributed by atoms with Crippen LogP contribution in [-0.2, 0) is 11.3 Å². The van der Waals surface area contributed by atoms with Crippen LogP contribution in [0.2, 0.25) is 0 Å². The highest BCUT2D eigenvalue weighted by atomic mass is 16.5. The van der Waals surface area contributed by atoms with Crippen LogP contribution in [0.1, 0.15) is 25.8 Å². The van der Waals surface area contributed by atoms with E-state index in [0.717, 1.165) is 17.9 Å². The Hall–Kier alpha value is -1.75. The first-order chi connectivity index (χ1) is 9.60. The third kappa shape index (κ3) is 5.09. The summed E-state index contributed by atoms with van der Waals surface area (Å²) >= 11 is 0. The molecule has 1 rings (SSSR count). The molecule has 0 saturated carbocycles. The number of carbonyl (C=O) groups is 1. The Bertz CT molecular complexity index is 435. The van der Waals surface area contributed by atoms with Gasteiger partial charge in [0.25, 0.3) is 0 Å². The average Bonchev–Trinajstić information content (AvgIpc) is 2.45. The van der Waals surface area contributed by atoms with Crippen LogP contribution in [0.5, 0.6) is 11.5 Å². The summed E-state index contributed by atoms with van der Waals surface area (Å²) in [4.78, 5) is 11.8. The van der Waals surface area contributed by atoms with Gasteiger partial charge >= 0.3 is 0 Å². The molecular weight excluding hydrogens is 256 g/mol. The first kappa shape index (κ1) is 16.3. The van der Waals surface area contributed by atoms with Crippen LogP contribution in [0.25, 0.3) is 0 Å². The molecule has 1 aromatic rings. The van der Waals surface area contributed by atoms with E-state index in [-0.39, 0.29) is 11.9 Å². The van der Waals surface area contributed by atoms with Gasteiger partial charge < -0.3 is 20.1 Å². The summed E-state index contributed by atoms with van der Waals surface area (Å²) in [5, 5.41) is 6.11. The summed E-state index contributed by atoms with van der Waals surface area (Å²) in [7, 11) is 3.21. The van der Waals surface area contributed by atoms with E-state index in [0.29, 0.717) is 18.7 Å². The fourth-order valence-electron chi connectivity index (χ4n) is 1.96. The molecule has 112 valence electrons. The minimum absolute atomic E-state index is 0.0244. The predicted octanol–water partition coefficient (Wildman–Crippen LogP) is 1.71. The Morgan fingerprint density at radius 2 is 2.05 bits per heavy atom. The first-order valence-corrected chi connectivity index (χ1v) is 6.81. The number of benzene rings is 1. The quantitative estimate of drug-likeness (QED) is 0.761. The standard InChI is InChI=1S/C15H24N2O3/c1-5-16-11(2)8-15(18)17-10-12-6-7-13(19-3)9-14(12)20-4/h6-7,9,11,16H,5,8,10H2,1-4H3,(H,17,18). The summed E-state index contributed by atoms with van der Waals surface area (Å²) in [6.07, 6.45) is 0.465. The van der Waals surface area contributed by atoms with Crippen molar-refractivity contribution in [2.24, 2.45) is 0 Å². The zero-order chi connectivity index (χ0) is 15.0. The molecule has 5 nitrogen and oxygen atoms in total. The van der Waals surface area contributed by atoms with Crippen LogP contribution in [0.3, 0.4) is 0 Å². The molecule has 0 aromatic heterocycles. The van der Waals surface area contributed by atoms with E-state index in [1.165, 1.54) is 0 Å². The summed E-state index contributed by atoms with van der Waals surface area (Å²) in [5.41, 5.74) is 0.928. The molecule has 1 aromatic carbocycles. The molecule has 0 saturated heterocycles. The van der Waals surface area contributed by atoms with Gasteiger partial charge in [0.2, 0.25) is 5.91 Å². The second kappa shape index (κ2) is 8.43. The van der Waals surface area contributed by atoms with Gasteiger partial charge in [0.15, 0.2) is 0 Å². The van der Waals surface area contributed by atoms with Crippen LogP contribution in [0.15, 0.2) is 18.2 Å². The molecule has 0 fully saturated rings. The fraction of sp³-hybridized carbons (Fsp3) is 0.533. The van der Waals surface area contributed by atoms with Crippen molar-refractivity contribution >= 4 is 5.91 Å². The van der Waals surface area contributed by atoms with Gasteiger partial charge in [0, 0.05) is 30.6 Å². The van der Waals surface area contributed by atoms with Crippen LogP contribution in [0.4, 0.5) is 0 Å². The van der Waals surface area contributed by atoms with Crippen molar-refractivity contribution in [3.05, 3.63) is 23.8 Å². The highest BCUT2D eigenvalue weighted by Crippen LogP contribution is 2.24. The molecule has 1 unspecified atom stereocenters. The number of rotatable bonds is 8. The van der Waals surface area contributed by atoms with Crippen molar-refractivity contribution < 1.29 is 14.3 Å². The molecule has 0 radical (unpaired) electrons. The maximum Gasteiger partial charge on any atom is 0.221 e. The van der Waals surface area contributed by atoms with Crippen LogP contribution in [-0.4, -0.2) is 32.7 Å². The zero-order valence-electron chi connectivity index (χ0n) is 12.7. The van der Waals surface area contributed by atoms with E-state index >= 15 is 0 Å². The van der Waals surface area contributed by atoms with Crippen LogP contribution < -0.4 is 20.1 Å². The monoisotopic (exact) mass is 280 g/mol. The van der Waals surface area contributed by atoms with Gasteiger partial charge in [-0.05, 0) is 25.6 Å². The molecule has 0 heterocycles. The van der Waals surface area contributed by atoms with Crippen LogP contribution >= 0.6 is 0 Å². The second-order valence-electron chi connectivity index (χ2n) is 4.62. The molecule has 2 N–H and O–H groups in total. The molecule has 0 spiro atoms. The predicted molar refractivity (Wildman–Crippen MR) is 79.1 cm³/mol. The zero-order valence-corrected chi connectivity index (χ0v) is 12.7. The van der Waals surface area contributed by atoms with Gasteiger partial charge in [0.1, 0.15) is 11.5 Å². The van der Waals surface area contributed by atoms with Gasteiger partial charge in [-0.15, -0.1) is 0 Å². The second-order valence-corrected chi connectivity index (χ2v) is 4.62. The number of carbonyl (C=O) groups excluding carboxylic acids is 1. The fourth-order valence-corrected chi connectivity index (χ4v) is 1.96. The van der Waals surface area contributed by atoms with Crippen molar-refractivity contribution in [3.63, 3.8) is 0 Å². The van der Waals surface area contributed by atoms with Gasteiger partial charge in [-0.2, -0.15) is 0 Å². The normalized spacial score (nSPS) is 11.8. The molecule has 0 aliphatic heterocycles. The maximum absolute atomic E-state index is 11.8. The molecule has 0 aliphatic carbocycles. The van der Waals surface area contributed by atoms with E-state index in [1.807, 2.05) is 32.0 Å². The highest BCUT2D eigenvalue weighted by Gasteiger charge is 2.10. The van der Waals surface area contributed by atoms with Crippen molar-refractivity contribution in [2.75, 3.05) is 20.8 Å². The molecule has 0 bridgehead atoms. The summed E-state index contributed by atoms with van der Waals surface area (Å²) in [5.74, 6) is 1.47. The molecule has 1 amide bonds. The van der Waals surface area contributed by atoms with Gasteiger partial charge in [-0.1, -0.05) is 6.92 Å². The highest BCUT2D eigenvalue weighted by molar-refractivity contribution is 5.76. The van der Waals surface area contributed by atoms with Crippen molar-refractivity contribution in [1.29, 1.82) is 0 Å². The molecular formula is C15H24N2O3. The number of hydrogen-bond acceptors (Lipinski definition) is 4. The van der Waals surface area contributed by atoms with Gasteiger partial charge in [-0.25, -0.2) is 0 Å². The number of nitrogens with one attached hydrogen (secondary N) is 2. The summed E-state index contributed by atoms with van der Waals surface area (Å²) < 4.78 is 10.4. The Balaban J connectivity index is 2.54. The van der Waals surface area contributed by atoms with E-state index in [4.69, 9.17) is 9.47 Å². The molecule has 1 atom stereocenters. The lowest BCUT2D eigenvalue weighted by molar-refractivity contribution is -0.121. The SMILES string of the molecule is CCNC(C)CC(=O)NCc1ccc(OC)cc1OC. The van der Waals surface area contributed by atoms with E-state index < -0.39 is 0 Å². The number of methoxy groups -OCH3 is 2. The number of hydrogen-bond donors (Lipinski definition) is 2. The average molecular weight is 280 g/mol. The van der Waals surface area contributed by atoms with Gasteiger partial charge in [0.05, 0.1) is 14.2 Å². The summed E-state index contributed by atoms with van der Waals surface area (Å²) in [6, 6.07) is 5.73. The van der Waals surface area contributed by atoms with Crippen molar-refractivity contribution in [2.45, 2.75) is 32.9 Å². The van der Waals surface area contributed by atoms with E-state index in [2.05, 4.69) is 10.6 Å². The Morgan fingerprint density at radius 1 is 1.30 bits per heavy atom. The third-order valence-corrected chi connectivity index (χ3v) is 3.01. The maximum atomic E-state index is 11.8. The lowest BCUT2D eigenvalue weighted by Gasteiger charge is -2.14. The molecule has 5 heteroatoms. The Labute approximate surface area is 120 Å². The number of amides is 1. The third-order valence-electron chi connectivity index (χ3n) is 3.01. The van der Waals surface area contributed by atoms with Crippen molar-refractivity contribution in [1.82, 2.24) is 10.6 Å². The van der Waals surface area contributed by atoms with E-state index in [9.17, 15) is 4.79 Å². The Morgan fingerprint density at radius 3 is 2.65 bits per heavy atom. The molecule has 0 aliphatic rings. The minimum atomic E-state index is 0.0244. The Kier molecular flexibility index (Phi) is 6.87. The molecule has 20 heavy (non-hydrogen) atoms.